The lowest BCUT2D eigenvalue weighted by molar-refractivity contribution is 0.355. The molecule has 2 rings (SSSR count). The van der Waals surface area contributed by atoms with Gasteiger partial charge in [-0.1, -0.05) is 157 Å². The summed E-state index contributed by atoms with van der Waals surface area (Å²) in [6, 6.07) is 21.9. The number of benzene rings is 2. The Labute approximate surface area is 216 Å². The number of rotatable bonds is 18. The van der Waals surface area contributed by atoms with Gasteiger partial charge >= 0.3 is 0 Å². The van der Waals surface area contributed by atoms with Gasteiger partial charge < -0.3 is 6.15 Å². The Kier molecular flexibility index (Phi) is 15.5. The van der Waals surface area contributed by atoms with E-state index in [4.69, 9.17) is 11.6 Å². The van der Waals surface area contributed by atoms with Gasteiger partial charge in [-0.05, 0) is 31.4 Å². The maximum Gasteiger partial charge on any atom is 0.0527 e. The standard InChI is InChI=1S/C32H49Cl.H3N/c1-4-5-6-7-8-9-10-11-12-13-14-15-16-23-28-32(31(2,3)33,29-24-19-17-20-25-29)30-26-21-18-22-27-30;/h17-22,24-27H,4-16,23,28H2,1-3H3;1H3/p+1. The van der Waals surface area contributed by atoms with Gasteiger partial charge in [0.2, 0.25) is 0 Å². The van der Waals surface area contributed by atoms with Gasteiger partial charge in [-0.2, -0.15) is 0 Å². The van der Waals surface area contributed by atoms with Crippen LogP contribution in [0.4, 0.5) is 0 Å². The summed E-state index contributed by atoms with van der Waals surface area (Å²) in [4.78, 5) is -0.369. The molecule has 0 aliphatic rings. The van der Waals surface area contributed by atoms with Crippen LogP contribution in [0.25, 0.3) is 0 Å². The van der Waals surface area contributed by atoms with Gasteiger partial charge in [-0.25, -0.2) is 0 Å². The molecular weight excluding hydrogens is 434 g/mol. The molecule has 0 aromatic heterocycles. The zero-order chi connectivity index (χ0) is 23.8. The minimum Gasteiger partial charge on any atom is -0.369 e. The Morgan fingerprint density at radius 3 is 1.18 bits per heavy atom. The van der Waals surface area contributed by atoms with E-state index in [2.05, 4.69) is 81.4 Å². The molecule has 0 heterocycles. The van der Waals surface area contributed by atoms with E-state index in [9.17, 15) is 0 Å². The third-order valence-electron chi connectivity index (χ3n) is 7.45. The lowest BCUT2D eigenvalue weighted by Gasteiger charge is -2.44. The van der Waals surface area contributed by atoms with Crippen molar-refractivity contribution >= 4 is 11.6 Å². The second-order valence-electron chi connectivity index (χ2n) is 10.5. The highest BCUT2D eigenvalue weighted by atomic mass is 35.5. The first-order valence-corrected chi connectivity index (χ1v) is 14.2. The van der Waals surface area contributed by atoms with Gasteiger partial charge in [-0.15, -0.1) is 11.6 Å². The molecular formula is C32H53ClN+. The van der Waals surface area contributed by atoms with E-state index in [-0.39, 0.29) is 16.4 Å². The Morgan fingerprint density at radius 1 is 0.529 bits per heavy atom. The first kappa shape index (κ1) is 30.7. The highest BCUT2D eigenvalue weighted by Crippen LogP contribution is 2.49. The summed E-state index contributed by atoms with van der Waals surface area (Å²) in [6.45, 7) is 6.68. The fourth-order valence-corrected chi connectivity index (χ4v) is 5.78. The first-order valence-electron chi connectivity index (χ1n) is 13.8. The fourth-order valence-electron chi connectivity index (χ4n) is 5.47. The molecule has 0 bridgehead atoms. The van der Waals surface area contributed by atoms with Crippen LogP contribution in [0.5, 0.6) is 0 Å². The second kappa shape index (κ2) is 17.2. The maximum atomic E-state index is 7.18. The summed E-state index contributed by atoms with van der Waals surface area (Å²) in [5.41, 5.74) is 2.51. The molecule has 0 aliphatic heterocycles. The summed E-state index contributed by atoms with van der Waals surface area (Å²) in [7, 11) is 0. The van der Waals surface area contributed by atoms with Crippen LogP contribution in [0, 0.1) is 0 Å². The molecule has 0 saturated carbocycles. The zero-order valence-corrected chi connectivity index (χ0v) is 23.5. The monoisotopic (exact) mass is 486 g/mol. The number of unbranched alkanes of at least 4 members (excludes halogenated alkanes) is 13. The molecule has 0 saturated heterocycles. The van der Waals surface area contributed by atoms with Gasteiger partial charge in [0.1, 0.15) is 0 Å². The average molecular weight is 487 g/mol. The molecule has 2 aromatic rings. The smallest absolute Gasteiger partial charge is 0.0527 e. The SMILES string of the molecule is CCCCCCCCCCCCCCCCC(c1ccccc1)(c1ccccc1)C(C)(C)Cl.[NH4+]. The van der Waals surface area contributed by atoms with Gasteiger partial charge in [0, 0.05) is 5.41 Å². The molecule has 0 fully saturated rings. The summed E-state index contributed by atoms with van der Waals surface area (Å²) >= 11 is 7.18. The average Bonchev–Trinajstić information content (AvgIpc) is 2.82. The summed E-state index contributed by atoms with van der Waals surface area (Å²) in [6.07, 6.45) is 20.6. The number of hydrogen-bond acceptors (Lipinski definition) is 0. The van der Waals surface area contributed by atoms with Crippen molar-refractivity contribution in [2.24, 2.45) is 0 Å². The van der Waals surface area contributed by atoms with Crippen LogP contribution in [0.15, 0.2) is 60.7 Å². The Bertz CT molecular complexity index is 680. The lowest BCUT2D eigenvalue weighted by Crippen LogP contribution is -2.44. The van der Waals surface area contributed by atoms with Crippen molar-refractivity contribution < 1.29 is 0 Å². The molecule has 1 nitrogen and oxygen atoms in total. The zero-order valence-electron chi connectivity index (χ0n) is 22.8. The Hall–Kier alpha value is -1.31. The van der Waals surface area contributed by atoms with Crippen LogP contribution < -0.4 is 6.15 Å². The van der Waals surface area contributed by atoms with E-state index in [0.717, 1.165) is 6.42 Å². The number of halogens is 1. The highest BCUT2D eigenvalue weighted by Gasteiger charge is 2.46. The minimum atomic E-state index is -0.369. The van der Waals surface area contributed by atoms with E-state index < -0.39 is 0 Å². The van der Waals surface area contributed by atoms with Crippen LogP contribution in [-0.4, -0.2) is 4.87 Å². The van der Waals surface area contributed by atoms with Crippen LogP contribution >= 0.6 is 11.6 Å². The summed E-state index contributed by atoms with van der Waals surface area (Å²) < 4.78 is 0. The van der Waals surface area contributed by atoms with Crippen LogP contribution in [0.3, 0.4) is 0 Å². The largest absolute Gasteiger partial charge is 0.369 e. The molecule has 0 aliphatic carbocycles. The second-order valence-corrected chi connectivity index (χ2v) is 11.4. The molecule has 0 spiro atoms. The Morgan fingerprint density at radius 2 is 0.853 bits per heavy atom. The molecule has 0 unspecified atom stereocenters. The topological polar surface area (TPSA) is 36.5 Å². The predicted octanol–water partition coefficient (Wildman–Crippen LogP) is 11.2. The normalized spacial score (nSPS) is 11.9. The van der Waals surface area contributed by atoms with Crippen molar-refractivity contribution in [1.82, 2.24) is 6.15 Å². The van der Waals surface area contributed by atoms with E-state index in [0.29, 0.717) is 0 Å². The maximum absolute atomic E-state index is 7.18. The predicted molar refractivity (Wildman–Crippen MR) is 155 cm³/mol. The third-order valence-corrected chi connectivity index (χ3v) is 7.78. The molecule has 0 radical (unpaired) electrons. The molecule has 34 heavy (non-hydrogen) atoms. The minimum absolute atomic E-state index is 0. The van der Waals surface area contributed by atoms with Crippen molar-refractivity contribution in [2.45, 2.75) is 127 Å². The van der Waals surface area contributed by atoms with Crippen molar-refractivity contribution in [3.63, 3.8) is 0 Å². The molecule has 4 N–H and O–H groups in total. The van der Waals surface area contributed by atoms with Crippen LogP contribution in [-0.2, 0) is 5.41 Å². The van der Waals surface area contributed by atoms with Gasteiger partial charge in [0.15, 0.2) is 0 Å². The summed E-state index contributed by atoms with van der Waals surface area (Å²) in [5.74, 6) is 0. The lowest BCUT2D eigenvalue weighted by atomic mass is 9.63. The van der Waals surface area contributed by atoms with Gasteiger partial charge in [0.05, 0.1) is 4.87 Å². The number of alkyl halides is 1. The van der Waals surface area contributed by atoms with Crippen LogP contribution in [0.1, 0.15) is 128 Å². The van der Waals surface area contributed by atoms with Crippen molar-refractivity contribution in [2.75, 3.05) is 0 Å². The molecule has 0 atom stereocenters. The van der Waals surface area contributed by atoms with Crippen molar-refractivity contribution in [3.05, 3.63) is 71.8 Å². The van der Waals surface area contributed by atoms with E-state index in [1.54, 1.807) is 0 Å². The van der Waals surface area contributed by atoms with E-state index in [1.165, 1.54) is 101 Å². The van der Waals surface area contributed by atoms with Crippen LogP contribution in [0.2, 0.25) is 0 Å². The molecule has 0 amide bonds. The number of hydrogen-bond donors (Lipinski definition) is 1. The van der Waals surface area contributed by atoms with E-state index in [1.807, 2.05) is 0 Å². The summed E-state index contributed by atoms with van der Waals surface area (Å²) in [5, 5.41) is 0. The van der Waals surface area contributed by atoms with Crippen molar-refractivity contribution in [3.8, 4) is 0 Å². The molecule has 2 heteroatoms. The highest BCUT2D eigenvalue weighted by molar-refractivity contribution is 6.24. The number of quaternary nitrogens is 1. The Balaban J connectivity index is 0.00000578. The van der Waals surface area contributed by atoms with Crippen molar-refractivity contribution in [1.29, 1.82) is 0 Å². The quantitative estimate of drug-likeness (QED) is 0.160. The molecule has 2 aromatic carbocycles. The fraction of sp³-hybridized carbons (Fsp3) is 0.625. The van der Waals surface area contributed by atoms with Gasteiger partial charge in [0.25, 0.3) is 0 Å². The van der Waals surface area contributed by atoms with E-state index >= 15 is 0 Å². The third kappa shape index (κ3) is 9.74. The van der Waals surface area contributed by atoms with Gasteiger partial charge in [-0.3, -0.25) is 0 Å². The first-order chi connectivity index (χ1) is 16.0. The molecule has 192 valence electrons.